The molecule has 0 saturated heterocycles. The molecule has 5 rings (SSSR count). The molecule has 34 heavy (non-hydrogen) atoms. The summed E-state index contributed by atoms with van der Waals surface area (Å²) in [5.41, 5.74) is 3.90. The zero-order valence-corrected chi connectivity index (χ0v) is 19.6. The molecule has 1 aliphatic rings. The molecule has 0 atom stereocenters. The van der Waals surface area contributed by atoms with Crippen LogP contribution in [0.5, 0.6) is 0 Å². The molecule has 0 unspecified atom stereocenters. The first-order valence-corrected chi connectivity index (χ1v) is 12.6. The smallest absolute Gasteiger partial charge is 0.264 e. The topological polar surface area (TPSA) is 99.4 Å². The van der Waals surface area contributed by atoms with E-state index in [-0.39, 0.29) is 6.61 Å². The van der Waals surface area contributed by atoms with Crippen molar-refractivity contribution in [3.63, 3.8) is 0 Å². The third kappa shape index (κ3) is 3.82. The molecule has 4 aromatic rings. The average molecular weight is 478 g/mol. The monoisotopic (exact) mass is 477 g/mol. The first kappa shape index (κ1) is 22.1. The second-order valence-electron chi connectivity index (χ2n) is 8.34. The van der Waals surface area contributed by atoms with Gasteiger partial charge in [-0.2, -0.15) is 8.42 Å². The van der Waals surface area contributed by atoms with Gasteiger partial charge in [0.1, 0.15) is 0 Å². The number of carbonyl (C=O) groups is 2. The van der Waals surface area contributed by atoms with Crippen LogP contribution in [0.3, 0.4) is 0 Å². The molecule has 1 aliphatic heterocycles. The van der Waals surface area contributed by atoms with Crippen LogP contribution in [-0.2, 0) is 37.5 Å². The number of imide groups is 1. The summed E-state index contributed by atoms with van der Waals surface area (Å²) in [4.78, 5) is 26.0. The van der Waals surface area contributed by atoms with Gasteiger partial charge in [0.15, 0.2) is 0 Å². The molecular weight excluding hydrogens is 454 g/mol. The van der Waals surface area contributed by atoms with E-state index in [2.05, 4.69) is 5.32 Å². The molecule has 3 heterocycles. The molecule has 0 saturated carbocycles. The van der Waals surface area contributed by atoms with Gasteiger partial charge in [-0.15, -0.1) is 0 Å². The lowest BCUT2D eigenvalue weighted by molar-refractivity contribution is -0.122. The summed E-state index contributed by atoms with van der Waals surface area (Å²) in [7, 11) is -1.60. The molecule has 9 heteroatoms. The van der Waals surface area contributed by atoms with Crippen LogP contribution >= 0.6 is 0 Å². The highest BCUT2D eigenvalue weighted by molar-refractivity contribution is 7.85. The summed E-state index contributed by atoms with van der Waals surface area (Å²) in [5, 5.41) is 4.20. The number of benzene rings is 2. The molecule has 1 N–H and O–H groups in total. The van der Waals surface area contributed by atoms with Crippen LogP contribution in [0.15, 0.2) is 60.9 Å². The molecule has 0 spiro atoms. The average Bonchev–Trinajstić information content (AvgIpc) is 3.41. The summed E-state index contributed by atoms with van der Waals surface area (Å²) >= 11 is 0. The van der Waals surface area contributed by atoms with Gasteiger partial charge in [0.25, 0.3) is 21.9 Å². The van der Waals surface area contributed by atoms with Gasteiger partial charge in [-0.05, 0) is 18.6 Å². The Morgan fingerprint density at radius 3 is 2.06 bits per heavy atom. The lowest BCUT2D eigenvalue weighted by Gasteiger charge is -2.05. The van der Waals surface area contributed by atoms with Crippen molar-refractivity contribution in [3.05, 3.63) is 72.1 Å². The maximum atomic E-state index is 13.0. The number of fused-ring (bicyclic) bond motifs is 2. The molecule has 0 bridgehead atoms. The first-order valence-electron chi connectivity index (χ1n) is 10.8. The van der Waals surface area contributed by atoms with Crippen molar-refractivity contribution in [1.29, 1.82) is 0 Å². The SMILES string of the molecule is Cn1cc(C2=C(c3cn(CCCOS(C)(=O)=O)c4ccccc34)C(=O)NC2=O)c2ccccc21. The first-order chi connectivity index (χ1) is 16.2. The Bertz CT molecular complexity index is 1610. The zero-order chi connectivity index (χ0) is 24.0. The maximum Gasteiger partial charge on any atom is 0.264 e. The van der Waals surface area contributed by atoms with E-state index in [0.717, 1.165) is 28.1 Å². The number of aryl methyl sites for hydroxylation is 2. The number of carbonyl (C=O) groups excluding carboxylic acids is 2. The van der Waals surface area contributed by atoms with Crippen LogP contribution in [0.1, 0.15) is 17.5 Å². The predicted octanol–water partition coefficient (Wildman–Crippen LogP) is 3.07. The minimum absolute atomic E-state index is 0.0591. The number of para-hydroxylation sites is 2. The Balaban J connectivity index is 1.65. The van der Waals surface area contributed by atoms with E-state index in [0.29, 0.717) is 35.2 Å². The summed E-state index contributed by atoms with van der Waals surface area (Å²) in [6, 6.07) is 15.4. The van der Waals surface area contributed by atoms with Crippen molar-refractivity contribution in [1.82, 2.24) is 14.5 Å². The van der Waals surface area contributed by atoms with Gasteiger partial charge < -0.3 is 9.13 Å². The van der Waals surface area contributed by atoms with Gasteiger partial charge in [0.05, 0.1) is 24.0 Å². The van der Waals surface area contributed by atoms with Crippen molar-refractivity contribution < 1.29 is 22.2 Å². The van der Waals surface area contributed by atoms with Crippen molar-refractivity contribution in [3.8, 4) is 0 Å². The number of rotatable bonds is 7. The Labute approximate surface area is 196 Å². The molecular formula is C25H23N3O5S. The Hall–Kier alpha value is -3.69. The van der Waals surface area contributed by atoms with E-state index < -0.39 is 21.9 Å². The number of amides is 2. The van der Waals surface area contributed by atoms with Crippen molar-refractivity contribution in [2.45, 2.75) is 13.0 Å². The standard InChI is InChI=1S/C25H23N3O5S/c1-27-14-18(16-8-3-5-10-20(16)27)22-23(25(30)26-24(22)29)19-15-28(12-7-13-33-34(2,31)32)21-11-6-4-9-17(19)21/h3-6,8-11,14-15H,7,12-13H2,1-2H3,(H,26,29,30). The molecule has 0 aliphatic carbocycles. The Morgan fingerprint density at radius 1 is 0.853 bits per heavy atom. The third-order valence-corrected chi connectivity index (χ3v) is 6.59. The maximum absolute atomic E-state index is 13.0. The van der Waals surface area contributed by atoms with Gasteiger partial charge in [0, 0.05) is 58.9 Å². The number of hydrogen-bond donors (Lipinski definition) is 1. The van der Waals surface area contributed by atoms with Crippen LogP contribution in [0.25, 0.3) is 33.0 Å². The molecule has 2 aromatic heterocycles. The van der Waals surface area contributed by atoms with E-state index in [4.69, 9.17) is 4.18 Å². The normalized spacial score (nSPS) is 14.5. The van der Waals surface area contributed by atoms with Crippen LogP contribution in [0.4, 0.5) is 0 Å². The predicted molar refractivity (Wildman–Crippen MR) is 130 cm³/mol. The quantitative estimate of drug-likeness (QED) is 0.251. The number of nitrogens with zero attached hydrogens (tertiary/aromatic N) is 2. The highest BCUT2D eigenvalue weighted by Gasteiger charge is 2.35. The van der Waals surface area contributed by atoms with Gasteiger partial charge in [-0.1, -0.05) is 36.4 Å². The summed E-state index contributed by atoms with van der Waals surface area (Å²) < 4.78 is 31.3. The fourth-order valence-corrected chi connectivity index (χ4v) is 5.01. The largest absolute Gasteiger partial charge is 0.350 e. The molecule has 2 aromatic carbocycles. The second kappa shape index (κ2) is 8.27. The third-order valence-electron chi connectivity index (χ3n) is 6.00. The molecule has 8 nitrogen and oxygen atoms in total. The fourth-order valence-electron chi connectivity index (χ4n) is 4.59. The number of nitrogens with one attached hydrogen (secondary N) is 1. The zero-order valence-electron chi connectivity index (χ0n) is 18.7. The number of hydrogen-bond acceptors (Lipinski definition) is 5. The summed E-state index contributed by atoms with van der Waals surface area (Å²) in [6.45, 7) is 0.548. The van der Waals surface area contributed by atoms with E-state index in [1.807, 2.05) is 77.1 Å². The van der Waals surface area contributed by atoms with Crippen molar-refractivity contribution >= 4 is 54.9 Å². The van der Waals surface area contributed by atoms with Gasteiger partial charge >= 0.3 is 0 Å². The van der Waals surface area contributed by atoms with Crippen molar-refractivity contribution in [2.75, 3.05) is 12.9 Å². The minimum Gasteiger partial charge on any atom is -0.350 e. The van der Waals surface area contributed by atoms with E-state index in [1.54, 1.807) is 0 Å². The summed E-state index contributed by atoms with van der Waals surface area (Å²) in [5.74, 6) is -0.856. The van der Waals surface area contributed by atoms with Gasteiger partial charge in [-0.25, -0.2) is 0 Å². The van der Waals surface area contributed by atoms with Gasteiger partial charge in [0.2, 0.25) is 0 Å². The van der Waals surface area contributed by atoms with E-state index in [1.165, 1.54) is 0 Å². The highest BCUT2D eigenvalue weighted by Crippen LogP contribution is 2.38. The second-order valence-corrected chi connectivity index (χ2v) is 9.98. The Kier molecular flexibility index (Phi) is 5.38. The van der Waals surface area contributed by atoms with Crippen molar-refractivity contribution in [2.24, 2.45) is 7.05 Å². The lowest BCUT2D eigenvalue weighted by atomic mass is 9.95. The molecule has 174 valence electrons. The van der Waals surface area contributed by atoms with Crippen LogP contribution in [0.2, 0.25) is 0 Å². The van der Waals surface area contributed by atoms with E-state index >= 15 is 0 Å². The fraction of sp³-hybridized carbons (Fsp3) is 0.200. The molecule has 0 fully saturated rings. The minimum atomic E-state index is -3.51. The van der Waals surface area contributed by atoms with Gasteiger partial charge in [-0.3, -0.25) is 19.1 Å². The Morgan fingerprint density at radius 2 is 1.41 bits per heavy atom. The van der Waals surface area contributed by atoms with Crippen LogP contribution in [0, 0.1) is 0 Å². The van der Waals surface area contributed by atoms with E-state index in [9.17, 15) is 18.0 Å². The molecule has 2 amide bonds. The molecule has 0 radical (unpaired) electrons. The summed E-state index contributed by atoms with van der Waals surface area (Å²) in [6.07, 6.45) is 5.21. The van der Waals surface area contributed by atoms with Crippen LogP contribution < -0.4 is 5.32 Å². The number of aromatic nitrogens is 2. The highest BCUT2D eigenvalue weighted by atomic mass is 32.2. The lowest BCUT2D eigenvalue weighted by Crippen LogP contribution is -2.22. The van der Waals surface area contributed by atoms with Crippen LogP contribution in [-0.4, -0.2) is 42.2 Å².